The van der Waals surface area contributed by atoms with Gasteiger partial charge in [0, 0.05) is 0 Å². The van der Waals surface area contributed by atoms with Crippen LogP contribution in [0.25, 0.3) is 0 Å². The lowest BCUT2D eigenvalue weighted by molar-refractivity contribution is 0.166. The highest BCUT2D eigenvalue weighted by molar-refractivity contribution is 7.95. The lowest BCUT2D eigenvalue weighted by atomic mass is 10.2. The Morgan fingerprint density at radius 3 is 1.15 bits per heavy atom. The Hall–Kier alpha value is -2.95. The van der Waals surface area contributed by atoms with Crippen LogP contribution in [0.4, 0.5) is 17.3 Å². The Kier molecular flexibility index (Phi) is 8.82. The van der Waals surface area contributed by atoms with Gasteiger partial charge in [-0.1, -0.05) is 84.9 Å². The van der Waals surface area contributed by atoms with Gasteiger partial charge >= 0.3 is 7.25 Å². The van der Waals surface area contributed by atoms with Crippen molar-refractivity contribution in [1.29, 1.82) is 0 Å². The van der Waals surface area contributed by atoms with Crippen molar-refractivity contribution < 1.29 is 22.0 Å². The average molecular weight is 470 g/mol. The molecular formula is C26H24BF4OP. The molecule has 4 aromatic carbocycles. The second kappa shape index (κ2) is 11.8. The number of benzene rings is 4. The fourth-order valence-corrected chi connectivity index (χ4v) is 7.34. The third-order valence-corrected chi connectivity index (χ3v) is 9.10. The molecule has 0 unspecified atom stereocenters. The molecule has 0 saturated heterocycles. The minimum atomic E-state index is -6.00. The van der Waals surface area contributed by atoms with E-state index in [2.05, 4.69) is 115 Å². The first kappa shape index (κ1) is 24.7. The third kappa shape index (κ3) is 7.28. The monoisotopic (exact) mass is 470 g/mol. The Balaban J connectivity index is 0.000000555. The first-order valence-electron chi connectivity index (χ1n) is 10.4. The Bertz CT molecular complexity index is 976. The number of rotatable bonds is 7. The summed E-state index contributed by atoms with van der Waals surface area (Å²) in [6, 6.07) is 42.9. The van der Waals surface area contributed by atoms with Crippen LogP contribution in [0.5, 0.6) is 0 Å². The van der Waals surface area contributed by atoms with E-state index in [-0.39, 0.29) is 0 Å². The van der Waals surface area contributed by atoms with Crippen LogP contribution in [-0.2, 0) is 11.3 Å². The van der Waals surface area contributed by atoms with E-state index in [1.54, 1.807) is 0 Å². The van der Waals surface area contributed by atoms with E-state index < -0.39 is 14.5 Å². The second-order valence-electron chi connectivity index (χ2n) is 7.27. The molecule has 4 rings (SSSR count). The molecule has 0 aromatic heterocycles. The lowest BCUT2D eigenvalue weighted by Gasteiger charge is -2.27. The van der Waals surface area contributed by atoms with Gasteiger partial charge in [-0.3, -0.25) is 0 Å². The molecule has 170 valence electrons. The van der Waals surface area contributed by atoms with Gasteiger partial charge in [-0.25, -0.2) is 0 Å². The van der Waals surface area contributed by atoms with Gasteiger partial charge < -0.3 is 22.0 Å². The predicted molar refractivity (Wildman–Crippen MR) is 131 cm³/mol. The molecule has 0 heterocycles. The molecule has 33 heavy (non-hydrogen) atoms. The summed E-state index contributed by atoms with van der Waals surface area (Å²) < 4.78 is 45.4. The molecule has 0 radical (unpaired) electrons. The van der Waals surface area contributed by atoms with Crippen molar-refractivity contribution in [3.8, 4) is 0 Å². The van der Waals surface area contributed by atoms with Gasteiger partial charge in [-0.2, -0.15) is 0 Å². The van der Waals surface area contributed by atoms with Gasteiger partial charge in [-0.15, -0.1) is 0 Å². The molecule has 0 N–H and O–H groups in total. The molecule has 0 fully saturated rings. The van der Waals surface area contributed by atoms with E-state index in [0.29, 0.717) is 13.0 Å². The molecule has 1 nitrogen and oxygen atoms in total. The summed E-state index contributed by atoms with van der Waals surface area (Å²) in [4.78, 5) is 0. The highest BCUT2D eigenvalue weighted by Gasteiger charge is 2.45. The van der Waals surface area contributed by atoms with Crippen molar-refractivity contribution in [2.24, 2.45) is 0 Å². The van der Waals surface area contributed by atoms with Gasteiger partial charge in [0.2, 0.25) is 0 Å². The van der Waals surface area contributed by atoms with Crippen molar-refractivity contribution in [3.05, 3.63) is 127 Å². The maximum atomic E-state index is 9.75. The number of hydrogen-bond acceptors (Lipinski definition) is 1. The van der Waals surface area contributed by atoms with Crippen LogP contribution in [0.3, 0.4) is 0 Å². The molecular weight excluding hydrogens is 446 g/mol. The van der Waals surface area contributed by atoms with E-state index >= 15 is 0 Å². The summed E-state index contributed by atoms with van der Waals surface area (Å²) in [5.74, 6) is 0. The van der Waals surface area contributed by atoms with Crippen molar-refractivity contribution >= 4 is 30.4 Å². The number of hydrogen-bond donors (Lipinski definition) is 0. The molecule has 0 atom stereocenters. The molecule has 0 amide bonds. The van der Waals surface area contributed by atoms with E-state index in [9.17, 15) is 17.3 Å². The first-order chi connectivity index (χ1) is 15.9. The van der Waals surface area contributed by atoms with Crippen LogP contribution in [-0.4, -0.2) is 13.6 Å². The summed E-state index contributed by atoms with van der Waals surface area (Å²) in [7, 11) is -7.91. The zero-order chi connectivity index (χ0) is 23.6. The first-order valence-corrected chi connectivity index (χ1v) is 12.4. The minimum absolute atomic E-state index is 0.620. The Morgan fingerprint density at radius 2 is 0.818 bits per heavy atom. The standard InChI is InChI=1S/C26H24OP.BF4/c1-5-13-23(14-6-1)21-27-22-28(24-15-7-2-8-16-24,25-17-9-3-10-18-25)26-19-11-4-12-20-26;2-1(3,4)5/h1-20H,21-22H2;/q+1;-1. The smallest absolute Gasteiger partial charge is 0.418 e. The topological polar surface area (TPSA) is 9.23 Å². The van der Waals surface area contributed by atoms with Crippen molar-refractivity contribution in [3.63, 3.8) is 0 Å². The molecule has 0 saturated carbocycles. The lowest BCUT2D eigenvalue weighted by Crippen LogP contribution is -2.34. The van der Waals surface area contributed by atoms with Crippen LogP contribution in [0, 0.1) is 0 Å². The van der Waals surface area contributed by atoms with Gasteiger partial charge in [0.05, 0.1) is 6.61 Å². The normalized spacial score (nSPS) is 11.4. The molecule has 4 aromatic rings. The summed E-state index contributed by atoms with van der Waals surface area (Å²) in [6.07, 6.45) is 0.680. The van der Waals surface area contributed by atoms with Crippen LogP contribution in [0.1, 0.15) is 5.56 Å². The number of ether oxygens (including phenoxy) is 1. The van der Waals surface area contributed by atoms with Crippen molar-refractivity contribution in [1.82, 2.24) is 0 Å². The summed E-state index contributed by atoms with van der Waals surface area (Å²) >= 11 is 0. The van der Waals surface area contributed by atoms with Crippen molar-refractivity contribution in [2.45, 2.75) is 6.61 Å². The second-order valence-corrected chi connectivity index (χ2v) is 10.7. The van der Waals surface area contributed by atoms with E-state index in [0.717, 1.165) is 0 Å². The molecule has 0 aliphatic heterocycles. The highest BCUT2D eigenvalue weighted by Crippen LogP contribution is 2.55. The summed E-state index contributed by atoms with van der Waals surface area (Å²) in [5, 5.41) is 4.04. The van der Waals surface area contributed by atoms with E-state index in [1.807, 2.05) is 6.07 Å². The summed E-state index contributed by atoms with van der Waals surface area (Å²) in [6.45, 7) is 0.620. The van der Waals surface area contributed by atoms with Crippen LogP contribution < -0.4 is 15.9 Å². The van der Waals surface area contributed by atoms with Gasteiger partial charge in [0.25, 0.3) is 0 Å². The maximum Gasteiger partial charge on any atom is 0.673 e. The van der Waals surface area contributed by atoms with Gasteiger partial charge in [0.15, 0.2) is 6.35 Å². The zero-order valence-electron chi connectivity index (χ0n) is 17.9. The van der Waals surface area contributed by atoms with Crippen LogP contribution in [0.2, 0.25) is 0 Å². The van der Waals surface area contributed by atoms with Crippen LogP contribution in [0.15, 0.2) is 121 Å². The fraction of sp³-hybridized carbons (Fsp3) is 0.0769. The summed E-state index contributed by atoms with van der Waals surface area (Å²) in [5.41, 5.74) is 1.20. The minimum Gasteiger partial charge on any atom is -0.418 e. The van der Waals surface area contributed by atoms with Crippen molar-refractivity contribution in [2.75, 3.05) is 6.35 Å². The molecule has 7 heteroatoms. The molecule has 0 aliphatic rings. The molecule has 0 aliphatic carbocycles. The van der Waals surface area contributed by atoms with E-state index in [4.69, 9.17) is 4.74 Å². The zero-order valence-corrected chi connectivity index (χ0v) is 18.8. The number of halogens is 4. The average Bonchev–Trinajstić information content (AvgIpc) is 2.83. The van der Waals surface area contributed by atoms with E-state index in [1.165, 1.54) is 21.5 Å². The predicted octanol–water partition coefficient (Wildman–Crippen LogP) is 6.45. The third-order valence-electron chi connectivity index (χ3n) is 4.99. The molecule has 0 spiro atoms. The van der Waals surface area contributed by atoms with Crippen LogP contribution >= 0.6 is 7.26 Å². The Morgan fingerprint density at radius 1 is 0.515 bits per heavy atom. The molecule has 0 bridgehead atoms. The largest absolute Gasteiger partial charge is 0.673 e. The fourth-order valence-electron chi connectivity index (χ4n) is 3.59. The highest BCUT2D eigenvalue weighted by atomic mass is 31.2. The quantitative estimate of drug-likeness (QED) is 0.171. The van der Waals surface area contributed by atoms with Gasteiger partial charge in [0.1, 0.15) is 23.2 Å². The Labute approximate surface area is 192 Å². The van der Waals surface area contributed by atoms with Gasteiger partial charge in [-0.05, 0) is 42.0 Å². The SMILES string of the molecule is F[B-](F)(F)F.c1ccc(COC[P+](c2ccccc2)(c2ccccc2)c2ccccc2)cc1. The maximum absolute atomic E-state index is 9.75.